The highest BCUT2D eigenvalue weighted by Crippen LogP contribution is 2.34. The summed E-state index contributed by atoms with van der Waals surface area (Å²) in [4.78, 5) is 43.4. The second kappa shape index (κ2) is 11.7. The number of carbonyl (C=O) groups excluding carboxylic acids is 3. The first-order chi connectivity index (χ1) is 16.9. The lowest BCUT2D eigenvalue weighted by atomic mass is 10.2. The molecule has 180 valence electrons. The number of carbonyl (C=O) groups is 3. The van der Waals surface area contributed by atoms with E-state index in [9.17, 15) is 14.4 Å². The molecular weight excluding hydrogens is 525 g/mol. The van der Waals surface area contributed by atoms with Crippen molar-refractivity contribution in [1.29, 1.82) is 0 Å². The summed E-state index contributed by atoms with van der Waals surface area (Å²) in [5.74, 6) is -0.286. The standard InChI is InChI=1S/C23H20N4O4S4/c1-31-16-8-4-2-6-14(16)12-18-21(30)27(23(32)35-18)11-10-19(28)25-26-20(29)13-33-22-24-15-7-3-5-9-17(15)34-22/h2-9,12H,10-11,13H2,1H3,(H,25,28)(H,26,29). The van der Waals surface area contributed by atoms with Gasteiger partial charge in [-0.25, -0.2) is 4.98 Å². The number of fused-ring (bicyclic) bond motifs is 1. The molecule has 0 unspecified atom stereocenters. The number of nitrogens with zero attached hydrogens (tertiary/aromatic N) is 2. The van der Waals surface area contributed by atoms with Crippen LogP contribution < -0.4 is 15.6 Å². The van der Waals surface area contributed by atoms with Crippen molar-refractivity contribution in [3.8, 4) is 5.75 Å². The van der Waals surface area contributed by atoms with Gasteiger partial charge in [0.25, 0.3) is 5.91 Å². The van der Waals surface area contributed by atoms with E-state index in [0.717, 1.165) is 20.1 Å². The summed E-state index contributed by atoms with van der Waals surface area (Å²) in [7, 11) is 1.56. The Morgan fingerprint density at radius 1 is 1.14 bits per heavy atom. The van der Waals surface area contributed by atoms with Crippen molar-refractivity contribution >= 4 is 85.4 Å². The maximum Gasteiger partial charge on any atom is 0.266 e. The number of para-hydroxylation sites is 2. The summed E-state index contributed by atoms with van der Waals surface area (Å²) in [6.07, 6.45) is 1.71. The van der Waals surface area contributed by atoms with Gasteiger partial charge in [-0.05, 0) is 24.3 Å². The Balaban J connectivity index is 1.23. The van der Waals surface area contributed by atoms with Crippen LogP contribution in [0.3, 0.4) is 0 Å². The van der Waals surface area contributed by atoms with Gasteiger partial charge in [0.15, 0.2) is 4.34 Å². The average Bonchev–Trinajstić information content (AvgIpc) is 3.40. The number of rotatable bonds is 8. The van der Waals surface area contributed by atoms with Crippen LogP contribution in [0.25, 0.3) is 16.3 Å². The van der Waals surface area contributed by atoms with E-state index in [2.05, 4.69) is 15.8 Å². The van der Waals surface area contributed by atoms with E-state index in [4.69, 9.17) is 17.0 Å². The quantitative estimate of drug-likeness (QED) is 0.191. The molecule has 0 aliphatic carbocycles. The number of hydrogen-bond donors (Lipinski definition) is 2. The summed E-state index contributed by atoms with van der Waals surface area (Å²) in [5.41, 5.74) is 6.42. The summed E-state index contributed by atoms with van der Waals surface area (Å²) in [5, 5.41) is 0. The minimum absolute atomic E-state index is 0.0142. The lowest BCUT2D eigenvalue weighted by Gasteiger charge is -2.14. The molecule has 3 amide bonds. The maximum absolute atomic E-state index is 12.8. The number of benzene rings is 2. The first kappa shape index (κ1) is 25.2. The third-order valence-corrected chi connectivity index (χ3v) is 8.36. The number of hydrogen-bond acceptors (Lipinski definition) is 9. The average molecular weight is 545 g/mol. The van der Waals surface area contributed by atoms with Gasteiger partial charge in [-0.3, -0.25) is 30.1 Å². The topological polar surface area (TPSA) is 101 Å². The number of aromatic nitrogens is 1. The molecule has 0 atom stereocenters. The second-order valence-electron chi connectivity index (χ2n) is 7.16. The molecule has 0 bridgehead atoms. The molecule has 2 aromatic carbocycles. The summed E-state index contributed by atoms with van der Waals surface area (Å²) in [6.45, 7) is 0.107. The van der Waals surface area contributed by atoms with Crippen molar-refractivity contribution in [1.82, 2.24) is 20.7 Å². The summed E-state index contributed by atoms with van der Waals surface area (Å²) >= 11 is 9.31. The Hall–Kier alpha value is -2.93. The fourth-order valence-corrected chi connectivity index (χ4v) is 6.28. The molecule has 1 aliphatic heterocycles. The molecule has 0 saturated carbocycles. The number of methoxy groups -OCH3 is 1. The Labute approximate surface area is 219 Å². The third-order valence-electron chi connectivity index (χ3n) is 4.80. The number of ether oxygens (including phenoxy) is 1. The van der Waals surface area contributed by atoms with Crippen molar-refractivity contribution in [3.05, 3.63) is 59.0 Å². The third kappa shape index (κ3) is 6.40. The van der Waals surface area contributed by atoms with Crippen LogP contribution >= 0.6 is 47.1 Å². The molecule has 4 rings (SSSR count). The number of amides is 3. The first-order valence-electron chi connectivity index (χ1n) is 10.4. The predicted octanol–water partition coefficient (Wildman–Crippen LogP) is 3.84. The van der Waals surface area contributed by atoms with E-state index in [1.165, 1.54) is 39.8 Å². The van der Waals surface area contributed by atoms with Crippen LogP contribution in [-0.4, -0.2) is 51.3 Å². The van der Waals surface area contributed by atoms with Crippen LogP contribution in [-0.2, 0) is 14.4 Å². The molecule has 2 heterocycles. The molecule has 1 aromatic heterocycles. The molecule has 2 N–H and O–H groups in total. The van der Waals surface area contributed by atoms with E-state index < -0.39 is 5.91 Å². The molecule has 1 fully saturated rings. The monoisotopic (exact) mass is 544 g/mol. The molecule has 0 radical (unpaired) electrons. The zero-order chi connectivity index (χ0) is 24.8. The van der Waals surface area contributed by atoms with E-state index in [1.54, 1.807) is 13.2 Å². The lowest BCUT2D eigenvalue weighted by Crippen LogP contribution is -2.43. The molecule has 1 aliphatic rings. The molecule has 0 spiro atoms. The highest BCUT2D eigenvalue weighted by atomic mass is 32.2. The van der Waals surface area contributed by atoms with E-state index in [1.807, 2.05) is 48.5 Å². The Kier molecular flexibility index (Phi) is 8.39. The molecule has 3 aromatic rings. The van der Waals surface area contributed by atoms with Crippen LogP contribution in [0.5, 0.6) is 5.75 Å². The van der Waals surface area contributed by atoms with Crippen molar-refractivity contribution < 1.29 is 19.1 Å². The molecule has 8 nitrogen and oxygen atoms in total. The van der Waals surface area contributed by atoms with Crippen LogP contribution in [0, 0.1) is 0 Å². The van der Waals surface area contributed by atoms with Gasteiger partial charge in [-0.1, -0.05) is 66.1 Å². The van der Waals surface area contributed by atoms with Crippen LogP contribution in [0.4, 0.5) is 0 Å². The van der Waals surface area contributed by atoms with Gasteiger partial charge in [-0.2, -0.15) is 0 Å². The van der Waals surface area contributed by atoms with Gasteiger partial charge in [0.1, 0.15) is 10.1 Å². The van der Waals surface area contributed by atoms with Gasteiger partial charge in [0.2, 0.25) is 11.8 Å². The highest BCUT2D eigenvalue weighted by Gasteiger charge is 2.32. The van der Waals surface area contributed by atoms with Crippen molar-refractivity contribution in [2.24, 2.45) is 0 Å². The predicted molar refractivity (Wildman–Crippen MR) is 144 cm³/mol. The normalized spacial score (nSPS) is 14.5. The van der Waals surface area contributed by atoms with Gasteiger partial charge in [0.05, 0.1) is 28.0 Å². The smallest absolute Gasteiger partial charge is 0.266 e. The maximum atomic E-state index is 12.8. The number of nitrogens with one attached hydrogen (secondary N) is 2. The van der Waals surface area contributed by atoms with Crippen LogP contribution in [0.2, 0.25) is 0 Å². The van der Waals surface area contributed by atoms with Crippen LogP contribution in [0.15, 0.2) is 57.8 Å². The zero-order valence-corrected chi connectivity index (χ0v) is 21.7. The number of thiazole rings is 1. The Morgan fingerprint density at radius 3 is 2.69 bits per heavy atom. The molecule has 1 saturated heterocycles. The fraction of sp³-hybridized carbons (Fsp3) is 0.174. The number of hydrazine groups is 1. The lowest BCUT2D eigenvalue weighted by molar-refractivity contribution is -0.128. The molecule has 35 heavy (non-hydrogen) atoms. The van der Waals surface area contributed by atoms with E-state index in [-0.39, 0.29) is 30.5 Å². The molecular formula is C23H20N4O4S4. The summed E-state index contributed by atoms with van der Waals surface area (Å²) < 4.78 is 7.53. The van der Waals surface area contributed by atoms with Gasteiger partial charge < -0.3 is 4.74 Å². The fourth-order valence-electron chi connectivity index (χ4n) is 3.11. The van der Waals surface area contributed by atoms with Crippen molar-refractivity contribution in [2.75, 3.05) is 19.4 Å². The molecule has 12 heteroatoms. The largest absolute Gasteiger partial charge is 0.496 e. The minimum Gasteiger partial charge on any atom is -0.496 e. The van der Waals surface area contributed by atoms with Crippen LogP contribution in [0.1, 0.15) is 12.0 Å². The highest BCUT2D eigenvalue weighted by molar-refractivity contribution is 8.26. The Morgan fingerprint density at radius 2 is 1.89 bits per heavy atom. The first-order valence-corrected chi connectivity index (χ1v) is 13.4. The minimum atomic E-state index is -0.425. The zero-order valence-electron chi connectivity index (χ0n) is 18.5. The van der Waals surface area contributed by atoms with Gasteiger partial charge >= 0.3 is 0 Å². The van der Waals surface area contributed by atoms with Gasteiger partial charge in [0, 0.05) is 18.5 Å². The SMILES string of the molecule is COc1ccccc1C=C1SC(=S)N(CCC(=O)NNC(=O)CSc2nc3ccccc3s2)C1=O. The van der Waals surface area contributed by atoms with Gasteiger partial charge in [-0.15, -0.1) is 11.3 Å². The number of thioether (sulfide) groups is 2. The van der Waals surface area contributed by atoms with E-state index >= 15 is 0 Å². The van der Waals surface area contributed by atoms with Crippen molar-refractivity contribution in [3.63, 3.8) is 0 Å². The Bertz CT molecular complexity index is 1290. The summed E-state index contributed by atoms with van der Waals surface area (Å²) in [6, 6.07) is 15.1. The van der Waals surface area contributed by atoms with E-state index in [0.29, 0.717) is 15.0 Å². The van der Waals surface area contributed by atoms with Crippen molar-refractivity contribution in [2.45, 2.75) is 10.8 Å². The second-order valence-corrected chi connectivity index (χ2v) is 11.1. The number of thiocarbonyl (C=S) groups is 1.